The smallest absolute Gasteiger partial charge is 0.326 e. The zero-order chi connectivity index (χ0) is 13.4. The van der Waals surface area contributed by atoms with Gasteiger partial charge in [-0.15, -0.1) is 0 Å². The van der Waals surface area contributed by atoms with Gasteiger partial charge in [-0.2, -0.15) is 0 Å². The quantitative estimate of drug-likeness (QED) is 0.842. The molecule has 0 aromatic heterocycles. The van der Waals surface area contributed by atoms with E-state index in [0.717, 1.165) is 25.1 Å². The summed E-state index contributed by atoms with van der Waals surface area (Å²) in [7, 11) is 0. The van der Waals surface area contributed by atoms with Gasteiger partial charge in [0.1, 0.15) is 6.04 Å². The van der Waals surface area contributed by atoms with Gasteiger partial charge in [0, 0.05) is 24.3 Å². The van der Waals surface area contributed by atoms with Gasteiger partial charge >= 0.3 is 5.97 Å². The number of carbonyl (C=O) groups is 2. The molecule has 2 N–H and O–H groups in total. The van der Waals surface area contributed by atoms with E-state index in [9.17, 15) is 9.59 Å². The Hall–Kier alpha value is -2.04. The first-order chi connectivity index (χ1) is 9.16. The van der Waals surface area contributed by atoms with Gasteiger partial charge in [0.2, 0.25) is 0 Å². The van der Waals surface area contributed by atoms with E-state index < -0.39 is 12.0 Å². The lowest BCUT2D eigenvalue weighted by Crippen LogP contribution is -2.40. The highest BCUT2D eigenvalue weighted by atomic mass is 16.4. The Bertz CT molecular complexity index is 541. The summed E-state index contributed by atoms with van der Waals surface area (Å²) in [4.78, 5) is 25.0. The molecule has 1 atom stereocenters. The van der Waals surface area contributed by atoms with Gasteiger partial charge in [-0.3, -0.25) is 4.79 Å². The first kappa shape index (κ1) is 12.0. The number of anilines is 1. The van der Waals surface area contributed by atoms with Crippen LogP contribution in [0.25, 0.3) is 0 Å². The minimum atomic E-state index is -0.912. The van der Waals surface area contributed by atoms with E-state index in [1.54, 1.807) is 6.07 Å². The average molecular weight is 260 g/mol. The minimum Gasteiger partial charge on any atom is -0.480 e. The number of nitrogens with zero attached hydrogens (tertiary/aromatic N) is 1. The lowest BCUT2D eigenvalue weighted by atomic mass is 10.1. The normalized spacial score (nSPS) is 21.1. The molecule has 1 fully saturated rings. The van der Waals surface area contributed by atoms with E-state index in [-0.39, 0.29) is 5.91 Å². The van der Waals surface area contributed by atoms with Gasteiger partial charge in [-0.25, -0.2) is 4.79 Å². The highest BCUT2D eigenvalue weighted by Crippen LogP contribution is 2.26. The third-order valence-corrected chi connectivity index (χ3v) is 3.87. The van der Waals surface area contributed by atoms with Gasteiger partial charge in [-0.1, -0.05) is 6.07 Å². The lowest BCUT2D eigenvalue weighted by Gasteiger charge is -2.21. The van der Waals surface area contributed by atoms with Crippen molar-refractivity contribution in [1.29, 1.82) is 0 Å². The fourth-order valence-corrected chi connectivity index (χ4v) is 2.86. The van der Waals surface area contributed by atoms with Crippen LogP contribution in [0.15, 0.2) is 18.2 Å². The number of benzene rings is 1. The molecule has 100 valence electrons. The molecule has 1 aromatic carbocycles. The highest BCUT2D eigenvalue weighted by molar-refractivity contribution is 5.98. The van der Waals surface area contributed by atoms with Gasteiger partial charge in [0.25, 0.3) is 5.91 Å². The molecular formula is C14H16N2O3. The van der Waals surface area contributed by atoms with Gasteiger partial charge in [0.15, 0.2) is 0 Å². The molecule has 5 heteroatoms. The minimum absolute atomic E-state index is 0.179. The van der Waals surface area contributed by atoms with Gasteiger partial charge in [-0.05, 0) is 37.0 Å². The van der Waals surface area contributed by atoms with Crippen LogP contribution in [0.3, 0.4) is 0 Å². The maximum atomic E-state index is 12.4. The van der Waals surface area contributed by atoms with Crippen LogP contribution in [-0.2, 0) is 11.2 Å². The maximum Gasteiger partial charge on any atom is 0.326 e. The second-order valence-electron chi connectivity index (χ2n) is 5.04. The molecule has 0 bridgehead atoms. The summed E-state index contributed by atoms with van der Waals surface area (Å²) in [6.45, 7) is 1.43. The molecule has 2 aliphatic heterocycles. The van der Waals surface area contributed by atoms with Crippen LogP contribution in [0.2, 0.25) is 0 Å². The van der Waals surface area contributed by atoms with Crippen LogP contribution in [0.4, 0.5) is 5.69 Å². The molecule has 3 rings (SSSR count). The van der Waals surface area contributed by atoms with E-state index in [0.29, 0.717) is 18.5 Å². The molecule has 0 unspecified atom stereocenters. The first-order valence-electron chi connectivity index (χ1n) is 6.57. The van der Waals surface area contributed by atoms with Crippen LogP contribution in [0.1, 0.15) is 28.8 Å². The number of rotatable bonds is 2. The van der Waals surface area contributed by atoms with Crippen molar-refractivity contribution >= 4 is 17.6 Å². The predicted octanol–water partition coefficient (Wildman–Crippen LogP) is 1.34. The zero-order valence-electron chi connectivity index (χ0n) is 10.6. The average Bonchev–Trinajstić information content (AvgIpc) is 3.05. The molecule has 1 amide bonds. The van der Waals surface area contributed by atoms with Crippen LogP contribution in [-0.4, -0.2) is 41.0 Å². The van der Waals surface area contributed by atoms with Crippen molar-refractivity contribution < 1.29 is 14.7 Å². The summed E-state index contributed by atoms with van der Waals surface area (Å²) < 4.78 is 0. The molecule has 19 heavy (non-hydrogen) atoms. The molecule has 0 spiro atoms. The Kier molecular flexibility index (Phi) is 2.89. The highest BCUT2D eigenvalue weighted by Gasteiger charge is 2.34. The van der Waals surface area contributed by atoms with Crippen LogP contribution >= 0.6 is 0 Å². The monoisotopic (exact) mass is 260 g/mol. The van der Waals surface area contributed by atoms with Crippen molar-refractivity contribution in [3.05, 3.63) is 29.3 Å². The van der Waals surface area contributed by atoms with Crippen molar-refractivity contribution in [2.24, 2.45) is 0 Å². The SMILES string of the molecule is O=C(O)[C@H]1CCCN1C(=O)c1ccc2c(c1)NCC2. The Morgan fingerprint density at radius 3 is 3.00 bits per heavy atom. The number of fused-ring (bicyclic) bond motifs is 1. The fourth-order valence-electron chi connectivity index (χ4n) is 2.86. The lowest BCUT2D eigenvalue weighted by molar-refractivity contribution is -0.141. The number of carboxylic acids is 1. The standard InChI is InChI=1S/C14H16N2O3/c17-13(16-7-1-2-12(16)14(18)19)10-4-3-9-5-6-15-11(9)8-10/h3-4,8,12,15H,1-2,5-7H2,(H,18,19)/t12-/m1/s1. The second kappa shape index (κ2) is 4.57. The second-order valence-corrected chi connectivity index (χ2v) is 5.04. The van der Waals surface area contributed by atoms with Crippen molar-refractivity contribution in [3.8, 4) is 0 Å². The largest absolute Gasteiger partial charge is 0.480 e. The third-order valence-electron chi connectivity index (χ3n) is 3.87. The maximum absolute atomic E-state index is 12.4. The number of carboxylic acid groups (broad SMARTS) is 1. The van der Waals surface area contributed by atoms with E-state index >= 15 is 0 Å². The zero-order valence-corrected chi connectivity index (χ0v) is 10.6. The third kappa shape index (κ3) is 2.05. The number of aliphatic carboxylic acids is 1. The first-order valence-corrected chi connectivity index (χ1v) is 6.57. The van der Waals surface area contributed by atoms with E-state index in [2.05, 4.69) is 5.32 Å². The summed E-state index contributed by atoms with van der Waals surface area (Å²) in [6, 6.07) is 4.91. The number of nitrogens with one attached hydrogen (secondary N) is 1. The number of likely N-dealkylation sites (tertiary alicyclic amines) is 1. The van der Waals surface area contributed by atoms with Gasteiger partial charge in [0.05, 0.1) is 0 Å². The summed E-state index contributed by atoms with van der Waals surface area (Å²) in [6.07, 6.45) is 2.28. The molecule has 0 radical (unpaired) electrons. The molecule has 0 aliphatic carbocycles. The fraction of sp³-hybridized carbons (Fsp3) is 0.429. The summed E-state index contributed by atoms with van der Waals surface area (Å²) >= 11 is 0. The van der Waals surface area contributed by atoms with Gasteiger partial charge < -0.3 is 15.3 Å². The number of hydrogen-bond donors (Lipinski definition) is 2. The number of carbonyl (C=O) groups excluding carboxylic acids is 1. The number of hydrogen-bond acceptors (Lipinski definition) is 3. The summed E-state index contributed by atoms with van der Waals surface area (Å²) in [5.41, 5.74) is 2.78. The molecule has 2 heterocycles. The van der Waals surface area contributed by atoms with Crippen LogP contribution < -0.4 is 5.32 Å². The van der Waals surface area contributed by atoms with E-state index in [1.807, 2.05) is 12.1 Å². The van der Waals surface area contributed by atoms with Crippen molar-refractivity contribution in [3.63, 3.8) is 0 Å². The molecule has 1 saturated heterocycles. The van der Waals surface area contributed by atoms with Crippen molar-refractivity contribution in [2.75, 3.05) is 18.4 Å². The summed E-state index contributed by atoms with van der Waals surface area (Å²) in [5.74, 6) is -1.09. The molecular weight excluding hydrogens is 244 g/mol. The van der Waals surface area contributed by atoms with E-state index in [1.165, 1.54) is 10.5 Å². The Morgan fingerprint density at radius 2 is 2.21 bits per heavy atom. The molecule has 2 aliphatic rings. The molecule has 1 aromatic rings. The molecule has 5 nitrogen and oxygen atoms in total. The van der Waals surface area contributed by atoms with E-state index in [4.69, 9.17) is 5.11 Å². The Balaban J connectivity index is 1.85. The van der Waals surface area contributed by atoms with Crippen molar-refractivity contribution in [1.82, 2.24) is 4.90 Å². The van der Waals surface area contributed by atoms with Crippen molar-refractivity contribution in [2.45, 2.75) is 25.3 Å². The Labute approximate surface area is 111 Å². The topological polar surface area (TPSA) is 69.6 Å². The van der Waals surface area contributed by atoms with Crippen LogP contribution in [0.5, 0.6) is 0 Å². The molecule has 0 saturated carbocycles. The predicted molar refractivity (Wildman–Crippen MR) is 70.3 cm³/mol. The van der Waals surface area contributed by atoms with Crippen LogP contribution in [0, 0.1) is 0 Å². The summed E-state index contributed by atoms with van der Waals surface area (Å²) in [5, 5.41) is 12.4. The number of amides is 1. The Morgan fingerprint density at radius 1 is 1.37 bits per heavy atom.